The summed E-state index contributed by atoms with van der Waals surface area (Å²) in [6.45, 7) is 2.08. The number of hydrogen-bond acceptors (Lipinski definition) is 2. The zero-order valence-corrected chi connectivity index (χ0v) is 7.25. The van der Waals surface area contributed by atoms with E-state index in [-0.39, 0.29) is 0 Å². The van der Waals surface area contributed by atoms with Crippen molar-refractivity contribution in [3.8, 4) is 0 Å². The van der Waals surface area contributed by atoms with Crippen LogP contribution in [0.5, 0.6) is 0 Å². The van der Waals surface area contributed by atoms with E-state index in [9.17, 15) is 14.5 Å². The first-order valence-corrected chi connectivity index (χ1v) is 4.18. The molecule has 0 atom stereocenters. The van der Waals surface area contributed by atoms with Crippen LogP contribution < -0.4 is 0 Å². The molecule has 0 aromatic carbocycles. The average Bonchev–Trinajstić information content (AvgIpc) is 2.03. The highest BCUT2D eigenvalue weighted by atomic mass is 19.1. The van der Waals surface area contributed by atoms with Gasteiger partial charge in [-0.2, -0.15) is 0 Å². The van der Waals surface area contributed by atoms with E-state index in [0.29, 0.717) is 6.42 Å². The van der Waals surface area contributed by atoms with Gasteiger partial charge in [0.15, 0.2) is 0 Å². The van der Waals surface area contributed by atoms with Gasteiger partial charge in [0, 0.05) is 6.08 Å². The highest BCUT2D eigenvalue weighted by molar-refractivity contribution is 4.80. The summed E-state index contributed by atoms with van der Waals surface area (Å²) in [5, 5.41) is 9.78. The summed E-state index contributed by atoms with van der Waals surface area (Å²) < 4.78 is 12.2. The van der Waals surface area contributed by atoms with Crippen molar-refractivity contribution in [2.75, 3.05) is 0 Å². The highest BCUT2D eigenvalue weighted by Gasteiger charge is 2.05. The van der Waals surface area contributed by atoms with Crippen LogP contribution in [0.2, 0.25) is 0 Å². The van der Waals surface area contributed by atoms with Crippen molar-refractivity contribution in [1.82, 2.24) is 0 Å². The molecule has 0 unspecified atom stereocenters. The number of rotatable bonds is 6. The zero-order valence-electron chi connectivity index (χ0n) is 7.25. The molecule has 0 aliphatic rings. The molecule has 0 aromatic rings. The minimum absolute atomic E-state index is 0.465. The standard InChI is InChI=1S/C8H14FNO2/c1-2-3-4-5-6-7-8(9)10(11)12/h7H,2-6H2,1H3/b8-7+. The van der Waals surface area contributed by atoms with E-state index < -0.39 is 10.9 Å². The van der Waals surface area contributed by atoms with Crippen LogP contribution in [0.25, 0.3) is 0 Å². The van der Waals surface area contributed by atoms with E-state index in [0.717, 1.165) is 31.8 Å². The van der Waals surface area contributed by atoms with Crippen LogP contribution in [0.3, 0.4) is 0 Å². The largest absolute Gasteiger partial charge is 0.415 e. The van der Waals surface area contributed by atoms with Crippen molar-refractivity contribution < 1.29 is 9.31 Å². The monoisotopic (exact) mass is 175 g/mol. The molecule has 0 aromatic heterocycles. The van der Waals surface area contributed by atoms with Gasteiger partial charge in [0.2, 0.25) is 0 Å². The Morgan fingerprint density at radius 2 is 2.17 bits per heavy atom. The van der Waals surface area contributed by atoms with Gasteiger partial charge in [-0.3, -0.25) is 10.1 Å². The summed E-state index contributed by atoms with van der Waals surface area (Å²) >= 11 is 0. The number of halogens is 1. The highest BCUT2D eigenvalue weighted by Crippen LogP contribution is 2.06. The molecule has 0 amide bonds. The molecule has 0 radical (unpaired) electrons. The summed E-state index contributed by atoms with van der Waals surface area (Å²) in [7, 11) is 0. The summed E-state index contributed by atoms with van der Waals surface area (Å²) in [6.07, 6.45) is 5.56. The van der Waals surface area contributed by atoms with Gasteiger partial charge in [-0.05, 0) is 12.8 Å². The van der Waals surface area contributed by atoms with E-state index in [1.807, 2.05) is 0 Å². The first-order valence-electron chi connectivity index (χ1n) is 4.18. The molecule has 0 bridgehead atoms. The summed E-state index contributed by atoms with van der Waals surface area (Å²) in [6, 6.07) is 0. The van der Waals surface area contributed by atoms with Crippen LogP contribution >= 0.6 is 0 Å². The van der Waals surface area contributed by atoms with Crippen LogP contribution in [0, 0.1) is 10.1 Å². The third kappa shape index (κ3) is 5.82. The molecule has 70 valence electrons. The van der Waals surface area contributed by atoms with Crippen LogP contribution in [-0.4, -0.2) is 4.92 Å². The summed E-state index contributed by atoms with van der Waals surface area (Å²) in [5.74, 6) is -1.23. The molecule has 0 fully saturated rings. The number of nitro groups is 1. The van der Waals surface area contributed by atoms with Gasteiger partial charge < -0.3 is 0 Å². The lowest BCUT2D eigenvalue weighted by Crippen LogP contribution is -1.91. The SMILES string of the molecule is CCCCCC/C=C(\F)[N+](=O)[O-]. The maximum absolute atomic E-state index is 12.2. The van der Waals surface area contributed by atoms with Crippen molar-refractivity contribution >= 4 is 0 Å². The van der Waals surface area contributed by atoms with E-state index in [1.165, 1.54) is 0 Å². The molecule has 4 heteroatoms. The van der Waals surface area contributed by atoms with Crippen LogP contribution in [0.1, 0.15) is 39.0 Å². The van der Waals surface area contributed by atoms with Gasteiger partial charge >= 0.3 is 5.95 Å². The third-order valence-electron chi connectivity index (χ3n) is 1.54. The normalized spacial score (nSPS) is 11.7. The lowest BCUT2D eigenvalue weighted by atomic mass is 10.1. The molecule has 0 N–H and O–H groups in total. The lowest BCUT2D eigenvalue weighted by molar-refractivity contribution is -0.447. The average molecular weight is 175 g/mol. The maximum atomic E-state index is 12.2. The Hall–Kier alpha value is -0.930. The third-order valence-corrected chi connectivity index (χ3v) is 1.54. The molecule has 3 nitrogen and oxygen atoms in total. The van der Waals surface area contributed by atoms with Gasteiger partial charge in [-0.1, -0.05) is 26.2 Å². The second-order valence-corrected chi connectivity index (χ2v) is 2.63. The second-order valence-electron chi connectivity index (χ2n) is 2.63. The molecule has 0 saturated carbocycles. The quantitative estimate of drug-likeness (QED) is 0.269. The molecule has 0 heterocycles. The van der Waals surface area contributed by atoms with E-state index in [1.54, 1.807) is 0 Å². The smallest absolute Gasteiger partial charge is 0.256 e. The Morgan fingerprint density at radius 1 is 1.50 bits per heavy atom. The van der Waals surface area contributed by atoms with Gasteiger partial charge in [-0.15, -0.1) is 4.39 Å². The van der Waals surface area contributed by atoms with Crippen LogP contribution in [0.4, 0.5) is 4.39 Å². The van der Waals surface area contributed by atoms with Crippen molar-refractivity contribution in [1.29, 1.82) is 0 Å². The zero-order chi connectivity index (χ0) is 9.40. The van der Waals surface area contributed by atoms with Crippen molar-refractivity contribution in [3.63, 3.8) is 0 Å². The Balaban J connectivity index is 3.40. The lowest BCUT2D eigenvalue weighted by Gasteiger charge is -1.92. The van der Waals surface area contributed by atoms with E-state index >= 15 is 0 Å². The van der Waals surface area contributed by atoms with Gasteiger partial charge in [0.1, 0.15) is 0 Å². The number of allylic oxidation sites excluding steroid dienone is 1. The molecule has 0 saturated heterocycles. The number of unbranched alkanes of at least 4 members (excludes halogenated alkanes) is 4. The number of hydrogen-bond donors (Lipinski definition) is 0. The van der Waals surface area contributed by atoms with Crippen molar-refractivity contribution in [3.05, 3.63) is 22.1 Å². The number of nitrogens with zero attached hydrogens (tertiary/aromatic N) is 1. The fraction of sp³-hybridized carbons (Fsp3) is 0.750. The van der Waals surface area contributed by atoms with E-state index in [2.05, 4.69) is 6.92 Å². The molecular weight excluding hydrogens is 161 g/mol. The van der Waals surface area contributed by atoms with Gasteiger partial charge in [-0.25, -0.2) is 0 Å². The predicted octanol–water partition coefficient (Wildman–Crippen LogP) is 3.04. The minimum Gasteiger partial charge on any atom is -0.256 e. The van der Waals surface area contributed by atoms with Gasteiger partial charge in [0.25, 0.3) is 0 Å². The minimum atomic E-state index is -1.23. The van der Waals surface area contributed by atoms with Crippen molar-refractivity contribution in [2.45, 2.75) is 39.0 Å². The topological polar surface area (TPSA) is 43.1 Å². The fourth-order valence-electron chi connectivity index (χ4n) is 0.867. The van der Waals surface area contributed by atoms with Crippen LogP contribution in [-0.2, 0) is 0 Å². The van der Waals surface area contributed by atoms with Gasteiger partial charge in [0.05, 0.1) is 4.92 Å². The molecule has 0 spiro atoms. The summed E-state index contributed by atoms with van der Waals surface area (Å²) in [4.78, 5) is 8.78. The first-order chi connectivity index (χ1) is 5.68. The predicted molar refractivity (Wildman–Crippen MR) is 44.9 cm³/mol. The summed E-state index contributed by atoms with van der Waals surface area (Å²) in [5.41, 5.74) is 0. The Labute approximate surface area is 71.4 Å². The molecule has 0 rings (SSSR count). The molecule has 0 aliphatic carbocycles. The maximum Gasteiger partial charge on any atom is 0.415 e. The second kappa shape index (κ2) is 6.76. The molecule has 0 aliphatic heterocycles. The Bertz CT molecular complexity index is 168. The fourth-order valence-corrected chi connectivity index (χ4v) is 0.867. The van der Waals surface area contributed by atoms with E-state index in [4.69, 9.17) is 0 Å². The van der Waals surface area contributed by atoms with Crippen molar-refractivity contribution in [2.24, 2.45) is 0 Å². The molecular formula is C8H14FNO2. The Kier molecular flexibility index (Phi) is 6.24. The van der Waals surface area contributed by atoms with Crippen LogP contribution in [0.15, 0.2) is 12.0 Å². The Morgan fingerprint density at radius 3 is 2.67 bits per heavy atom. The first kappa shape index (κ1) is 11.1. The molecule has 12 heavy (non-hydrogen) atoms.